The zero-order chi connectivity index (χ0) is 11.8. The molecule has 2 N–H and O–H groups in total. The fourth-order valence-corrected chi connectivity index (χ4v) is 2.00. The maximum atomic E-state index is 5.13. The summed E-state index contributed by atoms with van der Waals surface area (Å²) in [5.41, 5.74) is 4.13. The lowest BCUT2D eigenvalue weighted by Gasteiger charge is -2.16. The summed E-state index contributed by atoms with van der Waals surface area (Å²) < 4.78 is 5.01. The molecule has 16 heavy (non-hydrogen) atoms. The second-order valence-corrected chi connectivity index (χ2v) is 4.59. The van der Waals surface area contributed by atoms with Crippen molar-refractivity contribution in [2.75, 3.05) is 13.7 Å². The van der Waals surface area contributed by atoms with E-state index in [0.717, 1.165) is 12.8 Å². The van der Waals surface area contributed by atoms with E-state index in [2.05, 4.69) is 15.8 Å². The molecule has 1 aliphatic carbocycles. The SMILES string of the molecule is COC[C@H](C)NC(=S)NN=C1CCCCC1. The van der Waals surface area contributed by atoms with Crippen LogP contribution < -0.4 is 10.7 Å². The van der Waals surface area contributed by atoms with Gasteiger partial charge in [-0.2, -0.15) is 5.10 Å². The van der Waals surface area contributed by atoms with Gasteiger partial charge in [-0.3, -0.25) is 5.43 Å². The summed E-state index contributed by atoms with van der Waals surface area (Å²) in [6.07, 6.45) is 6.03. The molecule has 0 heterocycles. The van der Waals surface area contributed by atoms with Gasteiger partial charge >= 0.3 is 0 Å². The van der Waals surface area contributed by atoms with E-state index in [9.17, 15) is 0 Å². The van der Waals surface area contributed by atoms with Crippen LogP contribution in [0.25, 0.3) is 0 Å². The first-order valence-electron chi connectivity index (χ1n) is 5.83. The van der Waals surface area contributed by atoms with Crippen LogP contribution in [-0.2, 0) is 4.74 Å². The maximum absolute atomic E-state index is 5.13. The highest BCUT2D eigenvalue weighted by atomic mass is 32.1. The molecule has 4 nitrogen and oxygen atoms in total. The number of methoxy groups -OCH3 is 1. The molecule has 0 bridgehead atoms. The molecule has 92 valence electrons. The summed E-state index contributed by atoms with van der Waals surface area (Å²) in [5, 5.41) is 8.00. The highest BCUT2D eigenvalue weighted by Crippen LogP contribution is 2.14. The second kappa shape index (κ2) is 7.57. The molecule has 0 spiro atoms. The topological polar surface area (TPSA) is 45.6 Å². The number of nitrogens with one attached hydrogen (secondary N) is 2. The van der Waals surface area contributed by atoms with Crippen molar-refractivity contribution in [3.05, 3.63) is 0 Å². The van der Waals surface area contributed by atoms with Crippen LogP contribution in [0.2, 0.25) is 0 Å². The summed E-state index contributed by atoms with van der Waals surface area (Å²) in [4.78, 5) is 0. The van der Waals surface area contributed by atoms with Gasteiger partial charge in [-0.15, -0.1) is 0 Å². The number of hydrazone groups is 1. The van der Waals surface area contributed by atoms with Crippen LogP contribution in [0.1, 0.15) is 39.0 Å². The van der Waals surface area contributed by atoms with Gasteiger partial charge in [0.25, 0.3) is 0 Å². The first-order valence-corrected chi connectivity index (χ1v) is 6.24. The summed E-state index contributed by atoms with van der Waals surface area (Å²) in [6, 6.07) is 0.205. The highest BCUT2D eigenvalue weighted by molar-refractivity contribution is 7.80. The van der Waals surface area contributed by atoms with Crippen molar-refractivity contribution in [1.82, 2.24) is 10.7 Å². The Hall–Kier alpha value is -0.680. The minimum Gasteiger partial charge on any atom is -0.383 e. The number of hydrogen-bond acceptors (Lipinski definition) is 3. The lowest BCUT2D eigenvalue weighted by atomic mass is 9.99. The number of nitrogens with zero attached hydrogens (tertiary/aromatic N) is 1. The van der Waals surface area contributed by atoms with E-state index in [0.29, 0.717) is 11.7 Å². The number of rotatable bonds is 4. The Balaban J connectivity index is 2.23. The second-order valence-electron chi connectivity index (χ2n) is 4.18. The summed E-state index contributed by atoms with van der Waals surface area (Å²) in [6.45, 7) is 2.66. The van der Waals surface area contributed by atoms with Gasteiger partial charge in [-0.1, -0.05) is 6.42 Å². The third-order valence-electron chi connectivity index (χ3n) is 2.54. The van der Waals surface area contributed by atoms with Gasteiger partial charge in [-0.05, 0) is 44.8 Å². The first kappa shape index (κ1) is 13.4. The quantitative estimate of drug-likeness (QED) is 0.584. The molecule has 1 rings (SSSR count). The minimum absolute atomic E-state index is 0.205. The number of thiocarbonyl (C=S) groups is 1. The molecule has 0 saturated heterocycles. The molecule has 0 aromatic rings. The Kier molecular flexibility index (Phi) is 6.33. The van der Waals surface area contributed by atoms with Crippen LogP contribution in [0.3, 0.4) is 0 Å². The third kappa shape index (κ3) is 5.42. The summed E-state index contributed by atoms with van der Waals surface area (Å²) in [7, 11) is 1.68. The molecule has 1 fully saturated rings. The van der Waals surface area contributed by atoms with Gasteiger partial charge in [0.1, 0.15) is 0 Å². The van der Waals surface area contributed by atoms with Crippen LogP contribution in [0, 0.1) is 0 Å². The van der Waals surface area contributed by atoms with Gasteiger partial charge in [0.2, 0.25) is 0 Å². The highest BCUT2D eigenvalue weighted by Gasteiger charge is 2.07. The molecule has 0 aromatic heterocycles. The van der Waals surface area contributed by atoms with Crippen molar-refractivity contribution >= 4 is 23.0 Å². The van der Waals surface area contributed by atoms with Crippen molar-refractivity contribution < 1.29 is 4.74 Å². The Morgan fingerprint density at radius 2 is 2.12 bits per heavy atom. The molecule has 0 radical (unpaired) electrons. The van der Waals surface area contributed by atoms with Crippen molar-refractivity contribution in [1.29, 1.82) is 0 Å². The molecule has 0 unspecified atom stereocenters. The molecular weight excluding hydrogens is 222 g/mol. The molecule has 0 aliphatic heterocycles. The van der Waals surface area contributed by atoms with Crippen LogP contribution >= 0.6 is 12.2 Å². The Bertz CT molecular complexity index is 248. The predicted molar refractivity (Wildman–Crippen MR) is 70.7 cm³/mol. The number of ether oxygens (including phenoxy) is 1. The Labute approximate surface area is 103 Å². The Morgan fingerprint density at radius 1 is 1.44 bits per heavy atom. The number of hydrogen-bond donors (Lipinski definition) is 2. The third-order valence-corrected chi connectivity index (χ3v) is 2.75. The predicted octanol–water partition coefficient (Wildman–Crippen LogP) is 1.81. The van der Waals surface area contributed by atoms with Crippen molar-refractivity contribution in [3.8, 4) is 0 Å². The van der Waals surface area contributed by atoms with Crippen molar-refractivity contribution in [2.45, 2.75) is 45.1 Å². The van der Waals surface area contributed by atoms with E-state index in [1.165, 1.54) is 25.0 Å². The molecule has 5 heteroatoms. The lowest BCUT2D eigenvalue weighted by molar-refractivity contribution is 0.179. The summed E-state index contributed by atoms with van der Waals surface area (Å²) in [5.74, 6) is 0. The van der Waals surface area contributed by atoms with Gasteiger partial charge in [-0.25, -0.2) is 0 Å². The standard InChI is InChI=1S/C11H21N3OS/c1-9(8-15-2)12-11(16)14-13-10-6-4-3-5-7-10/h9H,3-8H2,1-2H3,(H2,12,14,16)/t9-/m0/s1. The largest absolute Gasteiger partial charge is 0.383 e. The van der Waals surface area contributed by atoms with Crippen LogP contribution in [-0.4, -0.2) is 30.6 Å². The molecule has 1 aliphatic rings. The normalized spacial score (nSPS) is 17.8. The smallest absolute Gasteiger partial charge is 0.187 e. The zero-order valence-electron chi connectivity index (χ0n) is 10.1. The average molecular weight is 243 g/mol. The molecule has 0 aromatic carbocycles. The van der Waals surface area contributed by atoms with Gasteiger partial charge in [0.15, 0.2) is 5.11 Å². The maximum Gasteiger partial charge on any atom is 0.187 e. The Morgan fingerprint density at radius 3 is 2.75 bits per heavy atom. The first-order chi connectivity index (χ1) is 7.72. The van der Waals surface area contributed by atoms with Crippen molar-refractivity contribution in [2.24, 2.45) is 5.10 Å². The fraction of sp³-hybridized carbons (Fsp3) is 0.818. The van der Waals surface area contributed by atoms with Gasteiger partial charge in [0, 0.05) is 18.9 Å². The van der Waals surface area contributed by atoms with Crippen LogP contribution in [0.4, 0.5) is 0 Å². The van der Waals surface area contributed by atoms with Gasteiger partial charge in [0.05, 0.1) is 6.61 Å². The van der Waals surface area contributed by atoms with Crippen LogP contribution in [0.5, 0.6) is 0 Å². The minimum atomic E-state index is 0.205. The van der Waals surface area contributed by atoms with E-state index in [4.69, 9.17) is 17.0 Å². The van der Waals surface area contributed by atoms with E-state index < -0.39 is 0 Å². The van der Waals surface area contributed by atoms with E-state index in [-0.39, 0.29) is 6.04 Å². The van der Waals surface area contributed by atoms with Crippen LogP contribution in [0.15, 0.2) is 5.10 Å². The molecular formula is C11H21N3OS. The fourth-order valence-electron chi connectivity index (χ4n) is 1.75. The summed E-state index contributed by atoms with van der Waals surface area (Å²) >= 11 is 5.13. The molecule has 1 atom stereocenters. The van der Waals surface area contributed by atoms with E-state index >= 15 is 0 Å². The zero-order valence-corrected chi connectivity index (χ0v) is 10.9. The lowest BCUT2D eigenvalue weighted by Crippen LogP contribution is -2.40. The van der Waals surface area contributed by atoms with Gasteiger partial charge < -0.3 is 10.1 Å². The molecule has 1 saturated carbocycles. The van der Waals surface area contributed by atoms with E-state index in [1.54, 1.807) is 7.11 Å². The monoisotopic (exact) mass is 243 g/mol. The van der Waals surface area contributed by atoms with E-state index in [1.807, 2.05) is 6.92 Å². The average Bonchev–Trinajstić information content (AvgIpc) is 2.28. The van der Waals surface area contributed by atoms with Crippen molar-refractivity contribution in [3.63, 3.8) is 0 Å². The molecule has 0 amide bonds.